The van der Waals surface area contributed by atoms with Crippen LogP contribution in [0.2, 0.25) is 18.1 Å². The van der Waals surface area contributed by atoms with Crippen molar-refractivity contribution in [3.05, 3.63) is 0 Å². The minimum Gasteiger partial charge on any atom is -0.416 e. The maximum Gasteiger partial charge on any atom is 0.192 e. The highest BCUT2D eigenvalue weighted by atomic mass is 28.4. The molecule has 0 aromatic heterocycles. The van der Waals surface area contributed by atoms with Crippen molar-refractivity contribution in [2.45, 2.75) is 38.9 Å². The van der Waals surface area contributed by atoms with Gasteiger partial charge in [-0.25, -0.2) is 0 Å². The number of fused-ring (bicyclic) bond motifs is 1. The molecule has 18 heavy (non-hydrogen) atoms. The summed E-state index contributed by atoms with van der Waals surface area (Å²) in [5.74, 6) is 5.09. The lowest BCUT2D eigenvalue weighted by Crippen LogP contribution is -2.42. The van der Waals surface area contributed by atoms with Gasteiger partial charge in [0, 0.05) is 32.2 Å². The highest BCUT2D eigenvalue weighted by molar-refractivity contribution is 6.74. The van der Waals surface area contributed by atoms with E-state index in [0.717, 1.165) is 25.0 Å². The van der Waals surface area contributed by atoms with Crippen molar-refractivity contribution in [1.29, 1.82) is 0 Å². The molecule has 1 aliphatic heterocycles. The van der Waals surface area contributed by atoms with Crippen LogP contribution in [0.5, 0.6) is 0 Å². The molecular weight excluding hydrogens is 238 g/mol. The predicted octanol–water partition coefficient (Wildman–Crippen LogP) is 2.82. The Kier molecular flexibility index (Phi) is 3.66. The van der Waals surface area contributed by atoms with Crippen molar-refractivity contribution < 1.29 is 4.43 Å². The first-order valence-corrected chi connectivity index (χ1v) is 9.99. The largest absolute Gasteiger partial charge is 0.416 e. The van der Waals surface area contributed by atoms with Crippen molar-refractivity contribution in [3.63, 3.8) is 0 Å². The van der Waals surface area contributed by atoms with Crippen molar-refractivity contribution in [3.8, 4) is 12.3 Å². The average Bonchev–Trinajstić information content (AvgIpc) is 2.71. The first-order chi connectivity index (χ1) is 8.26. The van der Waals surface area contributed by atoms with Crippen molar-refractivity contribution >= 4 is 8.32 Å². The Bertz CT molecular complexity index is 340. The van der Waals surface area contributed by atoms with E-state index in [1.54, 1.807) is 0 Å². The minimum absolute atomic E-state index is 0.314. The van der Waals surface area contributed by atoms with Crippen LogP contribution in [0.1, 0.15) is 20.8 Å². The number of piperidine rings is 1. The van der Waals surface area contributed by atoms with E-state index in [4.69, 9.17) is 10.8 Å². The van der Waals surface area contributed by atoms with E-state index in [-0.39, 0.29) is 0 Å². The molecule has 2 aliphatic rings. The van der Waals surface area contributed by atoms with Gasteiger partial charge < -0.3 is 9.33 Å². The SMILES string of the molecule is C#CC1C2CN(CCO[Si](C)(C)C(C)(C)C)CC12. The van der Waals surface area contributed by atoms with E-state index in [9.17, 15) is 0 Å². The number of hydrogen-bond acceptors (Lipinski definition) is 2. The summed E-state index contributed by atoms with van der Waals surface area (Å²) < 4.78 is 6.22. The molecule has 0 N–H and O–H groups in total. The van der Waals surface area contributed by atoms with Crippen LogP contribution in [0, 0.1) is 30.1 Å². The van der Waals surface area contributed by atoms with Crippen LogP contribution in [-0.4, -0.2) is 39.5 Å². The second-order valence-corrected chi connectivity index (χ2v) is 12.2. The standard InChI is InChI=1S/C15H27NOSi/c1-7-12-13-10-16(11-14(12)13)8-9-17-18(5,6)15(2,3)4/h1,12-14H,8-11H2,2-6H3. The Morgan fingerprint density at radius 2 is 1.83 bits per heavy atom. The van der Waals surface area contributed by atoms with Gasteiger partial charge in [-0.15, -0.1) is 12.3 Å². The summed E-state index contributed by atoms with van der Waals surface area (Å²) in [6.07, 6.45) is 5.49. The van der Waals surface area contributed by atoms with Crippen LogP contribution >= 0.6 is 0 Å². The maximum atomic E-state index is 6.22. The Hall–Kier alpha value is -0.303. The molecule has 0 radical (unpaired) electrons. The van der Waals surface area contributed by atoms with Crippen molar-refractivity contribution in [1.82, 2.24) is 4.90 Å². The molecule has 1 heterocycles. The van der Waals surface area contributed by atoms with Gasteiger partial charge in [0.15, 0.2) is 8.32 Å². The third kappa shape index (κ3) is 2.66. The second-order valence-electron chi connectivity index (χ2n) is 7.39. The Labute approximate surface area is 113 Å². The van der Waals surface area contributed by atoms with Gasteiger partial charge in [0.2, 0.25) is 0 Å². The zero-order valence-electron chi connectivity index (χ0n) is 12.5. The number of hydrogen-bond donors (Lipinski definition) is 0. The zero-order chi connectivity index (χ0) is 13.6. The third-order valence-electron chi connectivity index (χ3n) is 5.14. The van der Waals surface area contributed by atoms with Gasteiger partial charge in [-0.05, 0) is 30.0 Å². The average molecular weight is 265 g/mol. The predicted molar refractivity (Wildman–Crippen MR) is 78.9 cm³/mol. The number of rotatable bonds is 4. The molecule has 2 rings (SSSR count). The van der Waals surface area contributed by atoms with E-state index >= 15 is 0 Å². The summed E-state index contributed by atoms with van der Waals surface area (Å²) in [6.45, 7) is 15.9. The molecule has 2 atom stereocenters. The second kappa shape index (κ2) is 4.66. The highest BCUT2D eigenvalue weighted by Crippen LogP contribution is 2.51. The Morgan fingerprint density at radius 3 is 2.28 bits per heavy atom. The summed E-state index contributed by atoms with van der Waals surface area (Å²) in [4.78, 5) is 2.52. The molecule has 0 amide bonds. The first-order valence-electron chi connectivity index (χ1n) is 7.09. The molecule has 102 valence electrons. The van der Waals surface area contributed by atoms with E-state index in [2.05, 4.69) is 44.7 Å². The summed E-state index contributed by atoms with van der Waals surface area (Å²) in [6, 6.07) is 0. The monoisotopic (exact) mass is 265 g/mol. The lowest BCUT2D eigenvalue weighted by Gasteiger charge is -2.36. The fourth-order valence-electron chi connectivity index (χ4n) is 2.69. The van der Waals surface area contributed by atoms with Crippen LogP contribution < -0.4 is 0 Å². The molecule has 2 nitrogen and oxygen atoms in total. The van der Waals surface area contributed by atoms with Crippen LogP contribution in [0.25, 0.3) is 0 Å². The molecule has 0 spiro atoms. The molecule has 0 aromatic carbocycles. The van der Waals surface area contributed by atoms with Crippen LogP contribution in [-0.2, 0) is 4.43 Å². The van der Waals surface area contributed by atoms with E-state index in [1.165, 1.54) is 13.1 Å². The van der Waals surface area contributed by atoms with Gasteiger partial charge >= 0.3 is 0 Å². The highest BCUT2D eigenvalue weighted by Gasteiger charge is 2.54. The maximum absolute atomic E-state index is 6.22. The normalized spacial score (nSPS) is 32.1. The van der Waals surface area contributed by atoms with Gasteiger partial charge in [-0.1, -0.05) is 20.8 Å². The smallest absolute Gasteiger partial charge is 0.192 e. The molecule has 1 aliphatic carbocycles. The van der Waals surface area contributed by atoms with Gasteiger partial charge in [-0.2, -0.15) is 0 Å². The third-order valence-corrected chi connectivity index (χ3v) is 9.68. The fourth-order valence-corrected chi connectivity index (χ4v) is 3.72. The van der Waals surface area contributed by atoms with Crippen LogP contribution in [0.4, 0.5) is 0 Å². The minimum atomic E-state index is -1.56. The molecule has 2 unspecified atom stereocenters. The number of nitrogens with zero attached hydrogens (tertiary/aromatic N) is 1. The number of terminal acetylenes is 1. The molecule has 3 heteroatoms. The van der Waals surface area contributed by atoms with Crippen molar-refractivity contribution in [2.75, 3.05) is 26.2 Å². The lowest BCUT2D eigenvalue weighted by molar-refractivity contribution is 0.208. The molecule has 2 fully saturated rings. The lowest BCUT2D eigenvalue weighted by atomic mass is 10.2. The van der Waals surface area contributed by atoms with Crippen LogP contribution in [0.15, 0.2) is 0 Å². The number of likely N-dealkylation sites (tertiary alicyclic amines) is 1. The molecular formula is C15H27NOSi. The summed E-state index contributed by atoms with van der Waals surface area (Å²) in [7, 11) is -1.56. The fraction of sp³-hybridized carbons (Fsp3) is 0.867. The van der Waals surface area contributed by atoms with Crippen molar-refractivity contribution in [2.24, 2.45) is 17.8 Å². The van der Waals surface area contributed by atoms with Crippen LogP contribution in [0.3, 0.4) is 0 Å². The van der Waals surface area contributed by atoms with E-state index in [0.29, 0.717) is 11.0 Å². The van der Waals surface area contributed by atoms with E-state index in [1.807, 2.05) is 0 Å². The topological polar surface area (TPSA) is 12.5 Å². The van der Waals surface area contributed by atoms with Gasteiger partial charge in [0.1, 0.15) is 0 Å². The van der Waals surface area contributed by atoms with Gasteiger partial charge in [0.25, 0.3) is 0 Å². The first kappa shape index (κ1) is 14.1. The summed E-state index contributed by atoms with van der Waals surface area (Å²) >= 11 is 0. The Balaban J connectivity index is 1.68. The zero-order valence-corrected chi connectivity index (χ0v) is 13.5. The summed E-state index contributed by atoms with van der Waals surface area (Å²) in [5.41, 5.74) is 0. The molecule has 1 saturated heterocycles. The molecule has 0 aromatic rings. The summed E-state index contributed by atoms with van der Waals surface area (Å²) in [5, 5.41) is 0.314. The Morgan fingerprint density at radius 1 is 1.28 bits per heavy atom. The quantitative estimate of drug-likeness (QED) is 0.572. The van der Waals surface area contributed by atoms with Gasteiger partial charge in [-0.3, -0.25) is 0 Å². The molecule has 0 bridgehead atoms. The van der Waals surface area contributed by atoms with Gasteiger partial charge in [0.05, 0.1) is 0 Å². The molecule has 1 saturated carbocycles. The van der Waals surface area contributed by atoms with E-state index < -0.39 is 8.32 Å².